The first-order valence-electron chi connectivity index (χ1n) is 7.26. The average molecular weight is 318 g/mol. The molecule has 0 saturated heterocycles. The first-order valence-corrected chi connectivity index (χ1v) is 7.26. The molecule has 2 aromatic rings. The largest absolute Gasteiger partial charge is 0.491 e. The maximum atomic E-state index is 13.0. The molecule has 0 aromatic heterocycles. The summed E-state index contributed by atoms with van der Waals surface area (Å²) in [6, 6.07) is 10.9. The van der Waals surface area contributed by atoms with Crippen LogP contribution in [0.25, 0.3) is 0 Å². The van der Waals surface area contributed by atoms with Gasteiger partial charge in [-0.2, -0.15) is 0 Å². The zero-order valence-electron chi connectivity index (χ0n) is 13.1. The quantitative estimate of drug-likeness (QED) is 0.797. The van der Waals surface area contributed by atoms with Crippen molar-refractivity contribution in [2.75, 3.05) is 13.2 Å². The Labute approximate surface area is 134 Å². The summed E-state index contributed by atoms with van der Waals surface area (Å²) in [6.45, 7) is 3.27. The van der Waals surface area contributed by atoms with Crippen molar-refractivity contribution in [3.63, 3.8) is 0 Å². The van der Waals surface area contributed by atoms with Crippen molar-refractivity contribution in [2.45, 2.75) is 20.0 Å². The van der Waals surface area contributed by atoms with Gasteiger partial charge >= 0.3 is 0 Å². The van der Waals surface area contributed by atoms with E-state index in [1.165, 1.54) is 25.1 Å². The molecule has 0 spiro atoms. The van der Waals surface area contributed by atoms with E-state index < -0.39 is 6.10 Å². The van der Waals surface area contributed by atoms with E-state index in [1.54, 1.807) is 31.2 Å². The Morgan fingerprint density at radius 3 is 2.61 bits per heavy atom. The first-order chi connectivity index (χ1) is 11.0. The summed E-state index contributed by atoms with van der Waals surface area (Å²) < 4.78 is 23.9. The minimum Gasteiger partial charge on any atom is -0.491 e. The number of aliphatic hydroxyl groups is 1. The fraction of sp³-hybridized carbons (Fsp3) is 0.278. The van der Waals surface area contributed by atoms with E-state index in [9.17, 15) is 14.3 Å². The van der Waals surface area contributed by atoms with Gasteiger partial charge in [0.25, 0.3) is 0 Å². The van der Waals surface area contributed by atoms with Gasteiger partial charge in [-0.05, 0) is 49.7 Å². The minimum atomic E-state index is -0.847. The van der Waals surface area contributed by atoms with E-state index in [0.29, 0.717) is 22.6 Å². The van der Waals surface area contributed by atoms with Crippen molar-refractivity contribution in [1.82, 2.24) is 0 Å². The number of aryl methyl sites for hydroxylation is 1. The van der Waals surface area contributed by atoms with Crippen LogP contribution in [0, 0.1) is 12.7 Å². The van der Waals surface area contributed by atoms with E-state index in [2.05, 4.69) is 0 Å². The van der Waals surface area contributed by atoms with Crippen LogP contribution in [0.1, 0.15) is 22.8 Å². The molecule has 0 radical (unpaired) electrons. The Kier molecular flexibility index (Phi) is 5.71. The molecule has 0 aliphatic carbocycles. The second kappa shape index (κ2) is 7.74. The summed E-state index contributed by atoms with van der Waals surface area (Å²) in [6.07, 6.45) is -0.847. The van der Waals surface area contributed by atoms with Crippen LogP contribution in [0.5, 0.6) is 11.5 Å². The molecule has 0 saturated carbocycles. The maximum absolute atomic E-state index is 13.0. The number of carbonyl (C=O) groups is 1. The molecule has 0 heterocycles. The first kappa shape index (κ1) is 17.0. The van der Waals surface area contributed by atoms with Crippen molar-refractivity contribution in [3.05, 3.63) is 59.4 Å². The molecule has 122 valence electrons. The number of ether oxygens (including phenoxy) is 2. The summed E-state index contributed by atoms with van der Waals surface area (Å²) in [7, 11) is 0. The van der Waals surface area contributed by atoms with E-state index in [-0.39, 0.29) is 24.8 Å². The van der Waals surface area contributed by atoms with E-state index in [1.807, 2.05) is 0 Å². The SMILES string of the molecule is CC(=O)c1cccc(OCC(O)COc2ccc(F)cc2C)c1. The van der Waals surface area contributed by atoms with Gasteiger partial charge in [-0.1, -0.05) is 12.1 Å². The lowest BCUT2D eigenvalue weighted by Crippen LogP contribution is -2.25. The third kappa shape index (κ3) is 5.07. The van der Waals surface area contributed by atoms with Gasteiger partial charge in [0.15, 0.2) is 5.78 Å². The normalized spacial score (nSPS) is 11.8. The van der Waals surface area contributed by atoms with Crippen LogP contribution in [-0.2, 0) is 0 Å². The maximum Gasteiger partial charge on any atom is 0.159 e. The Morgan fingerprint density at radius 1 is 1.17 bits per heavy atom. The third-order valence-corrected chi connectivity index (χ3v) is 3.25. The summed E-state index contributed by atoms with van der Waals surface area (Å²) in [5.41, 5.74) is 1.21. The minimum absolute atomic E-state index is 0.0267. The summed E-state index contributed by atoms with van der Waals surface area (Å²) in [5.74, 6) is 0.647. The van der Waals surface area contributed by atoms with Crippen LogP contribution in [0.3, 0.4) is 0 Å². The smallest absolute Gasteiger partial charge is 0.159 e. The fourth-order valence-corrected chi connectivity index (χ4v) is 2.01. The Hall–Kier alpha value is -2.40. The highest BCUT2D eigenvalue weighted by molar-refractivity contribution is 5.94. The van der Waals surface area contributed by atoms with Gasteiger partial charge in [0.2, 0.25) is 0 Å². The molecular formula is C18H19FO4. The highest BCUT2D eigenvalue weighted by Crippen LogP contribution is 2.19. The van der Waals surface area contributed by atoms with Crippen LogP contribution in [0.2, 0.25) is 0 Å². The molecule has 0 aliphatic rings. The second-order valence-electron chi connectivity index (χ2n) is 5.27. The molecule has 1 unspecified atom stereocenters. The van der Waals surface area contributed by atoms with Gasteiger partial charge in [0, 0.05) is 5.56 Å². The summed E-state index contributed by atoms with van der Waals surface area (Å²) in [5, 5.41) is 9.90. The topological polar surface area (TPSA) is 55.8 Å². The van der Waals surface area contributed by atoms with Crippen LogP contribution in [-0.4, -0.2) is 30.2 Å². The molecule has 0 aliphatic heterocycles. The third-order valence-electron chi connectivity index (χ3n) is 3.25. The molecule has 5 heteroatoms. The average Bonchev–Trinajstić information content (AvgIpc) is 2.52. The predicted molar refractivity (Wildman–Crippen MR) is 84.6 cm³/mol. The molecule has 23 heavy (non-hydrogen) atoms. The fourth-order valence-electron chi connectivity index (χ4n) is 2.01. The summed E-state index contributed by atoms with van der Waals surface area (Å²) >= 11 is 0. The number of benzene rings is 2. The molecule has 4 nitrogen and oxygen atoms in total. The number of ketones is 1. The number of Topliss-reactive ketones (excluding diaryl/α,β-unsaturated/α-hetero) is 1. The molecule has 0 amide bonds. The molecule has 0 bridgehead atoms. The lowest BCUT2D eigenvalue weighted by atomic mass is 10.1. The standard InChI is InChI=1S/C18H19FO4/c1-12-8-15(19)6-7-18(12)23-11-16(21)10-22-17-5-3-4-14(9-17)13(2)20/h3-9,16,21H,10-11H2,1-2H3. The number of hydrogen-bond donors (Lipinski definition) is 1. The van der Waals surface area contributed by atoms with E-state index in [0.717, 1.165) is 0 Å². The van der Waals surface area contributed by atoms with Crippen molar-refractivity contribution in [1.29, 1.82) is 0 Å². The highest BCUT2D eigenvalue weighted by atomic mass is 19.1. The number of rotatable bonds is 7. The number of carbonyl (C=O) groups excluding carboxylic acids is 1. The molecule has 0 fully saturated rings. The van der Waals surface area contributed by atoms with E-state index in [4.69, 9.17) is 9.47 Å². The van der Waals surface area contributed by atoms with Crippen LogP contribution in [0.4, 0.5) is 4.39 Å². The van der Waals surface area contributed by atoms with E-state index >= 15 is 0 Å². The number of halogens is 1. The number of hydrogen-bond acceptors (Lipinski definition) is 4. The van der Waals surface area contributed by atoms with Gasteiger partial charge in [0.05, 0.1) is 0 Å². The van der Waals surface area contributed by atoms with Gasteiger partial charge in [0.1, 0.15) is 36.6 Å². The molecule has 1 N–H and O–H groups in total. The van der Waals surface area contributed by atoms with Gasteiger partial charge < -0.3 is 14.6 Å². The van der Waals surface area contributed by atoms with Gasteiger partial charge in [-0.25, -0.2) is 4.39 Å². The van der Waals surface area contributed by atoms with Crippen LogP contribution < -0.4 is 9.47 Å². The second-order valence-corrected chi connectivity index (χ2v) is 5.27. The highest BCUT2D eigenvalue weighted by Gasteiger charge is 2.09. The molecule has 1 atom stereocenters. The Balaban J connectivity index is 1.84. The van der Waals surface area contributed by atoms with Crippen LogP contribution in [0.15, 0.2) is 42.5 Å². The molecular weight excluding hydrogens is 299 g/mol. The van der Waals surface area contributed by atoms with Crippen molar-refractivity contribution in [2.24, 2.45) is 0 Å². The van der Waals surface area contributed by atoms with Crippen molar-refractivity contribution in [3.8, 4) is 11.5 Å². The van der Waals surface area contributed by atoms with Crippen molar-refractivity contribution >= 4 is 5.78 Å². The Bertz CT molecular complexity index is 684. The summed E-state index contributed by atoms with van der Waals surface area (Å²) in [4.78, 5) is 11.3. The van der Waals surface area contributed by atoms with Gasteiger partial charge in [-0.3, -0.25) is 4.79 Å². The molecule has 2 rings (SSSR count). The molecule has 2 aromatic carbocycles. The van der Waals surface area contributed by atoms with Crippen LogP contribution >= 0.6 is 0 Å². The lowest BCUT2D eigenvalue weighted by molar-refractivity contribution is 0.0623. The monoisotopic (exact) mass is 318 g/mol. The van der Waals surface area contributed by atoms with Gasteiger partial charge in [-0.15, -0.1) is 0 Å². The van der Waals surface area contributed by atoms with Crippen molar-refractivity contribution < 1.29 is 23.8 Å². The zero-order chi connectivity index (χ0) is 16.8. The number of aliphatic hydroxyl groups excluding tert-OH is 1. The zero-order valence-corrected chi connectivity index (χ0v) is 13.1. The predicted octanol–water partition coefficient (Wildman–Crippen LogP) is 3.16. The Morgan fingerprint density at radius 2 is 1.91 bits per heavy atom. The lowest BCUT2D eigenvalue weighted by Gasteiger charge is -2.15.